The second-order valence-corrected chi connectivity index (χ2v) is 12.0. The van der Waals surface area contributed by atoms with Crippen LogP contribution in [0, 0.1) is 5.92 Å². The van der Waals surface area contributed by atoms with Gasteiger partial charge in [-0.2, -0.15) is 0 Å². The number of esters is 1. The van der Waals surface area contributed by atoms with E-state index >= 15 is 0 Å². The third-order valence-corrected chi connectivity index (χ3v) is 8.70. The van der Waals surface area contributed by atoms with Gasteiger partial charge in [0, 0.05) is 23.5 Å². The van der Waals surface area contributed by atoms with Gasteiger partial charge in [-0.3, -0.25) is 0 Å². The van der Waals surface area contributed by atoms with Crippen LogP contribution in [-0.4, -0.2) is 53.1 Å². The van der Waals surface area contributed by atoms with Crippen molar-refractivity contribution < 1.29 is 22.7 Å². The van der Waals surface area contributed by atoms with E-state index in [0.29, 0.717) is 42.1 Å². The van der Waals surface area contributed by atoms with Crippen LogP contribution < -0.4 is 9.46 Å². The average molecular weight is 557 g/mol. The number of carbonyl (C=O) groups is 1. The van der Waals surface area contributed by atoms with Crippen LogP contribution in [0.5, 0.6) is 5.75 Å². The highest BCUT2D eigenvalue weighted by Crippen LogP contribution is 2.47. The molecular formula is C29H33ClN2O5S. The second-order valence-electron chi connectivity index (χ2n) is 9.89. The number of hydrogen-bond acceptors (Lipinski definition) is 6. The first-order valence-corrected chi connectivity index (χ1v) is 14.3. The topological polar surface area (TPSA) is 84.9 Å². The lowest BCUT2D eigenvalue weighted by Gasteiger charge is -2.47. The number of benzene rings is 3. The van der Waals surface area contributed by atoms with Crippen LogP contribution in [-0.2, 0) is 20.4 Å². The summed E-state index contributed by atoms with van der Waals surface area (Å²) in [6.45, 7) is 0.578. The molecule has 0 bridgehead atoms. The number of nitrogens with one attached hydrogen (secondary N) is 1. The standard InChI is InChI=1S/C29H33ClN2O5S/c1-32(2)20-23-17-25(31-38(34,35)27-14-8-12-24(30)19-27)15-16-29(23,22-11-7-13-26(18-22)36-3)37-28(33)21-9-5-4-6-10-21/h4-14,18-19,23,25,31H,15-17,20H2,1-3H3. The number of hydrogen-bond donors (Lipinski definition) is 1. The lowest BCUT2D eigenvalue weighted by molar-refractivity contribution is -0.0866. The van der Waals surface area contributed by atoms with E-state index in [1.54, 1.807) is 43.5 Å². The number of rotatable bonds is 9. The molecule has 7 nitrogen and oxygen atoms in total. The highest BCUT2D eigenvalue weighted by Gasteiger charge is 2.49. The van der Waals surface area contributed by atoms with Gasteiger partial charge in [0.15, 0.2) is 0 Å². The van der Waals surface area contributed by atoms with Crippen molar-refractivity contribution in [3.05, 3.63) is 95.0 Å². The lowest BCUT2D eigenvalue weighted by atomic mass is 9.69. The van der Waals surface area contributed by atoms with Gasteiger partial charge >= 0.3 is 5.97 Å². The first kappa shape index (κ1) is 28.1. The smallest absolute Gasteiger partial charge is 0.339 e. The molecule has 1 N–H and O–H groups in total. The average Bonchev–Trinajstić information content (AvgIpc) is 2.90. The van der Waals surface area contributed by atoms with Gasteiger partial charge in [0.05, 0.1) is 17.6 Å². The summed E-state index contributed by atoms with van der Waals surface area (Å²) >= 11 is 6.05. The fourth-order valence-corrected chi connectivity index (χ4v) is 6.78. The maximum Gasteiger partial charge on any atom is 0.339 e. The maximum atomic E-state index is 13.4. The van der Waals surface area contributed by atoms with Crippen molar-refractivity contribution in [2.75, 3.05) is 27.7 Å². The fraction of sp³-hybridized carbons (Fsp3) is 0.345. The molecule has 4 rings (SSSR count). The molecule has 1 saturated carbocycles. The van der Waals surface area contributed by atoms with Gasteiger partial charge in [-0.1, -0.05) is 48.0 Å². The number of ether oxygens (including phenoxy) is 2. The third kappa shape index (κ3) is 6.38. The third-order valence-electron chi connectivity index (χ3n) is 6.95. The molecule has 0 saturated heterocycles. The summed E-state index contributed by atoms with van der Waals surface area (Å²) in [4.78, 5) is 15.6. The minimum Gasteiger partial charge on any atom is -0.497 e. The van der Waals surface area contributed by atoms with Crippen LogP contribution in [0.1, 0.15) is 35.2 Å². The van der Waals surface area contributed by atoms with Crippen molar-refractivity contribution in [2.24, 2.45) is 5.92 Å². The zero-order valence-corrected chi connectivity index (χ0v) is 23.3. The Kier molecular flexibility index (Phi) is 8.78. The Labute approximate surface area is 229 Å². The first-order valence-electron chi connectivity index (χ1n) is 12.5. The summed E-state index contributed by atoms with van der Waals surface area (Å²) in [6.07, 6.45) is 1.38. The molecule has 9 heteroatoms. The molecule has 0 heterocycles. The molecular weight excluding hydrogens is 524 g/mol. The van der Waals surface area contributed by atoms with E-state index in [-0.39, 0.29) is 16.9 Å². The van der Waals surface area contributed by atoms with Crippen molar-refractivity contribution in [3.63, 3.8) is 0 Å². The largest absolute Gasteiger partial charge is 0.497 e. The van der Waals surface area contributed by atoms with E-state index in [2.05, 4.69) is 4.72 Å². The van der Waals surface area contributed by atoms with E-state index < -0.39 is 21.6 Å². The van der Waals surface area contributed by atoms with Crippen molar-refractivity contribution in [2.45, 2.75) is 35.8 Å². The SMILES string of the molecule is COc1cccc(C2(OC(=O)c3ccccc3)CCC(NS(=O)(=O)c3cccc(Cl)c3)CC2CN(C)C)c1. The Hall–Kier alpha value is -2.91. The van der Waals surface area contributed by atoms with Gasteiger partial charge in [-0.25, -0.2) is 17.9 Å². The van der Waals surface area contributed by atoms with Crippen LogP contribution >= 0.6 is 11.6 Å². The quantitative estimate of drug-likeness (QED) is 0.369. The summed E-state index contributed by atoms with van der Waals surface area (Å²) < 4.78 is 41.1. The molecule has 0 amide bonds. The number of halogens is 1. The van der Waals surface area contributed by atoms with Gasteiger partial charge < -0.3 is 14.4 Å². The predicted molar refractivity (Wildman–Crippen MR) is 148 cm³/mol. The zero-order chi connectivity index (χ0) is 27.3. The van der Waals surface area contributed by atoms with Gasteiger partial charge in [-0.15, -0.1) is 0 Å². The minimum absolute atomic E-state index is 0.120. The molecule has 3 aromatic rings. The zero-order valence-electron chi connectivity index (χ0n) is 21.8. The molecule has 38 heavy (non-hydrogen) atoms. The summed E-state index contributed by atoms with van der Waals surface area (Å²) in [7, 11) is 1.72. The van der Waals surface area contributed by atoms with Crippen molar-refractivity contribution in [1.82, 2.24) is 9.62 Å². The van der Waals surface area contributed by atoms with Gasteiger partial charge in [0.25, 0.3) is 0 Å². The van der Waals surface area contributed by atoms with Gasteiger partial charge in [0.2, 0.25) is 10.0 Å². The first-order chi connectivity index (χ1) is 18.1. The number of carbonyl (C=O) groups excluding carboxylic acids is 1. The van der Waals surface area contributed by atoms with E-state index in [1.807, 2.05) is 49.3 Å². The second kappa shape index (κ2) is 11.9. The number of nitrogens with zero attached hydrogens (tertiary/aromatic N) is 1. The van der Waals surface area contributed by atoms with Crippen molar-refractivity contribution in [3.8, 4) is 5.75 Å². The van der Waals surface area contributed by atoms with Crippen LogP contribution in [0.4, 0.5) is 0 Å². The van der Waals surface area contributed by atoms with E-state index in [9.17, 15) is 13.2 Å². The number of sulfonamides is 1. The Morgan fingerprint density at radius 1 is 1.05 bits per heavy atom. The molecule has 202 valence electrons. The van der Waals surface area contributed by atoms with Crippen LogP contribution in [0.15, 0.2) is 83.8 Å². The molecule has 0 aromatic heterocycles. The van der Waals surface area contributed by atoms with Gasteiger partial charge in [-0.05, 0) is 81.4 Å². The predicted octanol–water partition coefficient (Wildman–Crippen LogP) is 5.11. The van der Waals surface area contributed by atoms with Crippen molar-refractivity contribution >= 4 is 27.6 Å². The Morgan fingerprint density at radius 3 is 2.47 bits per heavy atom. The van der Waals surface area contributed by atoms with Crippen molar-refractivity contribution in [1.29, 1.82) is 0 Å². The summed E-state index contributed by atoms with van der Waals surface area (Å²) in [6, 6.07) is 22.3. The molecule has 3 unspecified atom stereocenters. The molecule has 1 aliphatic carbocycles. The molecule has 0 aliphatic heterocycles. The lowest BCUT2D eigenvalue weighted by Crippen LogP contribution is -2.52. The molecule has 3 atom stereocenters. The molecule has 0 radical (unpaired) electrons. The number of methoxy groups -OCH3 is 1. The normalized spacial score (nSPS) is 21.7. The Morgan fingerprint density at radius 2 is 1.79 bits per heavy atom. The maximum absolute atomic E-state index is 13.4. The highest BCUT2D eigenvalue weighted by atomic mass is 35.5. The van der Waals surface area contributed by atoms with Gasteiger partial charge in [0.1, 0.15) is 11.4 Å². The Balaban J connectivity index is 1.70. The van der Waals surface area contributed by atoms with Crippen LogP contribution in [0.3, 0.4) is 0 Å². The summed E-state index contributed by atoms with van der Waals surface area (Å²) in [5.41, 5.74) is 0.301. The minimum atomic E-state index is -3.79. The summed E-state index contributed by atoms with van der Waals surface area (Å²) in [5.74, 6) is 0.0261. The fourth-order valence-electron chi connectivity index (χ4n) is 5.19. The van der Waals surface area contributed by atoms with Crippen LogP contribution in [0.25, 0.3) is 0 Å². The van der Waals surface area contributed by atoms with E-state index in [1.165, 1.54) is 12.1 Å². The molecule has 0 spiro atoms. The van der Waals surface area contributed by atoms with E-state index in [4.69, 9.17) is 21.1 Å². The monoisotopic (exact) mass is 556 g/mol. The molecule has 1 fully saturated rings. The molecule has 3 aromatic carbocycles. The van der Waals surface area contributed by atoms with E-state index in [0.717, 1.165) is 5.56 Å². The molecule has 1 aliphatic rings. The highest BCUT2D eigenvalue weighted by molar-refractivity contribution is 7.89. The summed E-state index contributed by atoms with van der Waals surface area (Å²) in [5, 5.41) is 0.354. The van der Waals surface area contributed by atoms with Crippen LogP contribution in [0.2, 0.25) is 5.02 Å². The Bertz CT molecular complexity index is 1370.